The van der Waals surface area contributed by atoms with Crippen molar-refractivity contribution in [1.82, 2.24) is 4.98 Å². The molecule has 0 fully saturated rings. The summed E-state index contributed by atoms with van der Waals surface area (Å²) in [5, 5.41) is 12.2. The first-order chi connectivity index (χ1) is 10.6. The second kappa shape index (κ2) is 5.93. The zero-order chi connectivity index (χ0) is 15.7. The van der Waals surface area contributed by atoms with Crippen LogP contribution in [0.1, 0.15) is 22.7 Å². The van der Waals surface area contributed by atoms with Crippen molar-refractivity contribution in [1.29, 1.82) is 0 Å². The predicted octanol–water partition coefficient (Wildman–Crippen LogP) is 4.65. The maximum Gasteiger partial charge on any atom is 0.214 e. The molecule has 0 aliphatic heterocycles. The molecule has 0 saturated heterocycles. The molecule has 0 aliphatic rings. The summed E-state index contributed by atoms with van der Waals surface area (Å²) >= 11 is 3.41. The number of aromatic nitrogens is 1. The molecule has 0 saturated carbocycles. The maximum absolute atomic E-state index is 11.2. The summed E-state index contributed by atoms with van der Waals surface area (Å²) in [6.07, 6.45) is 0. The van der Waals surface area contributed by atoms with E-state index in [-0.39, 0.29) is 17.4 Å². The van der Waals surface area contributed by atoms with Gasteiger partial charge < -0.3 is 4.98 Å². The third-order valence-electron chi connectivity index (χ3n) is 3.90. The molecule has 2 aromatic carbocycles. The Morgan fingerprint density at radius 3 is 2.55 bits per heavy atom. The van der Waals surface area contributed by atoms with Crippen molar-refractivity contribution < 1.29 is 4.92 Å². The predicted molar refractivity (Wildman–Crippen MR) is 90.9 cm³/mol. The number of benzene rings is 2. The van der Waals surface area contributed by atoms with Crippen LogP contribution in [0.25, 0.3) is 10.9 Å². The fraction of sp³-hybridized carbons (Fsp3) is 0.176. The van der Waals surface area contributed by atoms with Gasteiger partial charge >= 0.3 is 0 Å². The lowest BCUT2D eigenvalue weighted by Gasteiger charge is -2.14. The van der Waals surface area contributed by atoms with Crippen molar-refractivity contribution in [3.8, 4) is 0 Å². The number of para-hydroxylation sites is 1. The van der Waals surface area contributed by atoms with E-state index in [1.54, 1.807) is 0 Å². The molecule has 0 radical (unpaired) electrons. The number of halogens is 1. The number of hydrogen-bond acceptors (Lipinski definition) is 2. The standard InChI is InChI=1S/C17H15BrN2O2/c1-11-17(14-4-2-3-5-16(14)19-11)15(10-20(21)22)12-6-8-13(18)9-7-12/h2-9,15,19H,10H2,1H3/t15-/m1/s1. The van der Waals surface area contributed by atoms with Crippen molar-refractivity contribution in [2.75, 3.05) is 6.54 Å². The second-order valence-electron chi connectivity index (χ2n) is 5.33. The van der Waals surface area contributed by atoms with Gasteiger partial charge in [-0.3, -0.25) is 10.1 Å². The van der Waals surface area contributed by atoms with E-state index in [1.165, 1.54) is 0 Å². The number of rotatable bonds is 4. The van der Waals surface area contributed by atoms with Crippen LogP contribution in [0.3, 0.4) is 0 Å². The zero-order valence-corrected chi connectivity index (χ0v) is 13.6. The van der Waals surface area contributed by atoms with Crippen molar-refractivity contribution in [2.24, 2.45) is 0 Å². The Hall–Kier alpha value is -2.14. The van der Waals surface area contributed by atoms with E-state index in [0.717, 1.165) is 32.2 Å². The Labute approximate surface area is 136 Å². The molecule has 1 aromatic heterocycles. The smallest absolute Gasteiger partial charge is 0.214 e. The van der Waals surface area contributed by atoms with Crippen molar-refractivity contribution in [3.05, 3.63) is 79.9 Å². The van der Waals surface area contributed by atoms with Gasteiger partial charge in [-0.2, -0.15) is 0 Å². The Morgan fingerprint density at radius 2 is 1.86 bits per heavy atom. The van der Waals surface area contributed by atoms with Gasteiger partial charge in [0, 0.05) is 26.0 Å². The van der Waals surface area contributed by atoms with Crippen molar-refractivity contribution >= 4 is 26.8 Å². The number of nitrogens with one attached hydrogen (secondary N) is 1. The number of nitrogens with zero attached hydrogens (tertiary/aromatic N) is 1. The molecule has 0 aliphatic carbocycles. The summed E-state index contributed by atoms with van der Waals surface area (Å²) in [5.41, 5.74) is 3.96. The largest absolute Gasteiger partial charge is 0.358 e. The fourth-order valence-electron chi connectivity index (χ4n) is 2.95. The summed E-state index contributed by atoms with van der Waals surface area (Å²) in [6, 6.07) is 15.7. The molecule has 0 amide bonds. The Morgan fingerprint density at radius 1 is 1.18 bits per heavy atom. The number of H-pyrrole nitrogens is 1. The van der Waals surface area contributed by atoms with E-state index in [2.05, 4.69) is 20.9 Å². The molecule has 112 valence electrons. The van der Waals surface area contributed by atoms with Gasteiger partial charge in [0.1, 0.15) is 0 Å². The van der Waals surface area contributed by atoms with Crippen LogP contribution in [-0.2, 0) is 0 Å². The zero-order valence-electron chi connectivity index (χ0n) is 12.0. The van der Waals surface area contributed by atoms with E-state index in [9.17, 15) is 10.1 Å². The molecule has 0 spiro atoms. The van der Waals surface area contributed by atoms with Crippen molar-refractivity contribution in [2.45, 2.75) is 12.8 Å². The third kappa shape index (κ3) is 2.76. The molecule has 3 rings (SSSR count). The minimum Gasteiger partial charge on any atom is -0.358 e. The van der Waals surface area contributed by atoms with E-state index < -0.39 is 0 Å². The Balaban J connectivity index is 2.17. The summed E-state index contributed by atoms with van der Waals surface area (Å²) < 4.78 is 0.965. The molecule has 5 heteroatoms. The SMILES string of the molecule is Cc1[nH]c2ccccc2c1[C@H](C[N+](=O)[O-])c1ccc(Br)cc1. The lowest BCUT2D eigenvalue weighted by molar-refractivity contribution is -0.481. The molecule has 3 aromatic rings. The minimum atomic E-state index is -0.265. The van der Waals surface area contributed by atoms with Gasteiger partial charge in [0.25, 0.3) is 0 Å². The van der Waals surface area contributed by atoms with E-state index in [4.69, 9.17) is 0 Å². The fourth-order valence-corrected chi connectivity index (χ4v) is 3.22. The summed E-state index contributed by atoms with van der Waals surface area (Å²) in [6.45, 7) is 1.85. The van der Waals surface area contributed by atoms with Crippen LogP contribution < -0.4 is 0 Å². The number of aryl methyl sites for hydroxylation is 1. The first-order valence-electron chi connectivity index (χ1n) is 7.00. The summed E-state index contributed by atoms with van der Waals surface area (Å²) in [4.78, 5) is 14.3. The van der Waals surface area contributed by atoms with Gasteiger partial charge in [-0.25, -0.2) is 0 Å². The monoisotopic (exact) mass is 358 g/mol. The summed E-state index contributed by atoms with van der Waals surface area (Å²) in [7, 11) is 0. The topological polar surface area (TPSA) is 58.9 Å². The van der Waals surface area contributed by atoms with Gasteiger partial charge in [0.15, 0.2) is 0 Å². The minimum absolute atomic E-state index is 0.121. The second-order valence-corrected chi connectivity index (χ2v) is 6.24. The van der Waals surface area contributed by atoms with Gasteiger partial charge in [-0.05, 0) is 36.2 Å². The molecule has 1 N–H and O–H groups in total. The number of aromatic amines is 1. The van der Waals surface area contributed by atoms with Crippen molar-refractivity contribution in [3.63, 3.8) is 0 Å². The van der Waals surface area contributed by atoms with Crippen LogP contribution in [-0.4, -0.2) is 16.5 Å². The Bertz CT molecular complexity index is 824. The van der Waals surface area contributed by atoms with E-state index in [1.807, 2.05) is 55.5 Å². The summed E-state index contributed by atoms with van der Waals surface area (Å²) in [5.74, 6) is -0.265. The van der Waals surface area contributed by atoms with Gasteiger partial charge in [0.2, 0.25) is 6.54 Å². The highest BCUT2D eigenvalue weighted by Crippen LogP contribution is 2.34. The van der Waals surface area contributed by atoms with Crippen LogP contribution in [0, 0.1) is 17.0 Å². The highest BCUT2D eigenvalue weighted by atomic mass is 79.9. The molecular weight excluding hydrogens is 344 g/mol. The average molecular weight is 359 g/mol. The van der Waals surface area contributed by atoms with Gasteiger partial charge in [0.05, 0.1) is 5.92 Å². The lowest BCUT2D eigenvalue weighted by atomic mass is 9.89. The van der Waals surface area contributed by atoms with E-state index >= 15 is 0 Å². The highest BCUT2D eigenvalue weighted by molar-refractivity contribution is 9.10. The lowest BCUT2D eigenvalue weighted by Crippen LogP contribution is -2.14. The van der Waals surface area contributed by atoms with Crippen LogP contribution >= 0.6 is 15.9 Å². The quantitative estimate of drug-likeness (QED) is 0.545. The van der Waals surface area contributed by atoms with Crippen LogP contribution in [0.15, 0.2) is 53.0 Å². The first kappa shape index (κ1) is 14.8. The average Bonchev–Trinajstić information content (AvgIpc) is 2.81. The normalized spacial score (nSPS) is 12.5. The molecule has 0 bridgehead atoms. The molecule has 4 nitrogen and oxygen atoms in total. The van der Waals surface area contributed by atoms with Crippen LogP contribution in [0.5, 0.6) is 0 Å². The molecule has 0 unspecified atom stereocenters. The maximum atomic E-state index is 11.2. The molecular formula is C17H15BrN2O2. The number of hydrogen-bond donors (Lipinski definition) is 1. The van der Waals surface area contributed by atoms with Gasteiger partial charge in [-0.1, -0.05) is 46.3 Å². The van der Waals surface area contributed by atoms with Crippen LogP contribution in [0.2, 0.25) is 0 Å². The highest BCUT2D eigenvalue weighted by Gasteiger charge is 2.25. The third-order valence-corrected chi connectivity index (χ3v) is 4.42. The number of fused-ring (bicyclic) bond motifs is 1. The Kier molecular flexibility index (Phi) is 3.98. The van der Waals surface area contributed by atoms with Gasteiger partial charge in [-0.15, -0.1) is 0 Å². The number of nitro groups is 1. The molecule has 22 heavy (non-hydrogen) atoms. The molecule has 1 atom stereocenters. The molecule has 1 heterocycles. The van der Waals surface area contributed by atoms with E-state index in [0.29, 0.717) is 0 Å². The first-order valence-corrected chi connectivity index (χ1v) is 7.80. The van der Waals surface area contributed by atoms with Crippen LogP contribution in [0.4, 0.5) is 0 Å².